The largest absolute Gasteiger partial charge is 0.345 e. The van der Waals surface area contributed by atoms with Gasteiger partial charge in [0, 0.05) is 19.7 Å². The van der Waals surface area contributed by atoms with Gasteiger partial charge in [0.05, 0.1) is 18.5 Å². The minimum atomic E-state index is -3.36. The molecule has 0 saturated heterocycles. The molecule has 104 valence electrons. The van der Waals surface area contributed by atoms with E-state index in [4.69, 9.17) is 0 Å². The molecule has 0 bridgehead atoms. The van der Waals surface area contributed by atoms with Crippen LogP contribution in [0, 0.1) is 0 Å². The lowest BCUT2D eigenvalue weighted by Crippen LogP contribution is -2.30. The van der Waals surface area contributed by atoms with Gasteiger partial charge in [-0.3, -0.25) is 9.10 Å². The van der Waals surface area contributed by atoms with E-state index >= 15 is 0 Å². The van der Waals surface area contributed by atoms with E-state index in [0.29, 0.717) is 11.3 Å². The van der Waals surface area contributed by atoms with Crippen LogP contribution in [-0.2, 0) is 10.0 Å². The molecule has 0 unspecified atom stereocenters. The maximum absolute atomic E-state index is 11.7. The quantitative estimate of drug-likeness (QED) is 0.766. The lowest BCUT2D eigenvalue weighted by Gasteiger charge is -2.21. The Morgan fingerprint density at radius 3 is 2.16 bits per heavy atom. The normalized spacial score (nSPS) is 10.9. The first-order valence-corrected chi connectivity index (χ1v) is 7.52. The van der Waals surface area contributed by atoms with Crippen LogP contribution in [0.1, 0.15) is 10.4 Å². The summed E-state index contributed by atoms with van der Waals surface area (Å²) in [5, 5.41) is 0. The van der Waals surface area contributed by atoms with E-state index in [9.17, 15) is 13.2 Å². The zero-order valence-electron chi connectivity index (χ0n) is 11.3. The molecule has 1 rings (SSSR count). The highest BCUT2D eigenvalue weighted by Gasteiger charge is 2.16. The van der Waals surface area contributed by atoms with Crippen molar-refractivity contribution in [1.29, 1.82) is 0 Å². The second-order valence-corrected chi connectivity index (χ2v) is 6.24. The number of nitrogens with zero attached hydrogens (tertiary/aromatic N) is 2. The third-order valence-corrected chi connectivity index (χ3v) is 3.66. The molecule has 0 radical (unpaired) electrons. The van der Waals surface area contributed by atoms with Crippen LogP contribution in [-0.4, -0.2) is 46.1 Å². The highest BCUT2D eigenvalue weighted by atomic mass is 32.2. The van der Waals surface area contributed by atoms with Gasteiger partial charge >= 0.3 is 0 Å². The van der Waals surface area contributed by atoms with Crippen molar-refractivity contribution in [3.05, 3.63) is 42.5 Å². The molecule has 0 N–H and O–H groups in total. The van der Waals surface area contributed by atoms with Crippen molar-refractivity contribution in [1.82, 2.24) is 4.90 Å². The molecule has 1 amide bonds. The number of hydrogen-bond acceptors (Lipinski definition) is 3. The van der Waals surface area contributed by atoms with Crippen LogP contribution in [0.2, 0.25) is 0 Å². The third-order valence-electron chi connectivity index (χ3n) is 2.50. The minimum absolute atomic E-state index is 0.124. The predicted molar refractivity (Wildman–Crippen MR) is 76.8 cm³/mol. The number of carbonyl (C=O) groups is 1. The standard InChI is InChI=1S/C13H18N2O3S/c1-5-10-15(19(4,17)18)12-8-6-11(7-9-12)13(16)14(2)3/h5-9H,1,10H2,2-4H3. The van der Waals surface area contributed by atoms with Crippen molar-refractivity contribution in [2.75, 3.05) is 31.2 Å². The van der Waals surface area contributed by atoms with Crippen LogP contribution in [0.4, 0.5) is 5.69 Å². The summed E-state index contributed by atoms with van der Waals surface area (Å²) in [6.45, 7) is 3.74. The van der Waals surface area contributed by atoms with Crippen molar-refractivity contribution >= 4 is 21.6 Å². The van der Waals surface area contributed by atoms with Gasteiger partial charge in [0.25, 0.3) is 5.91 Å². The fourth-order valence-corrected chi connectivity index (χ4v) is 2.46. The second kappa shape index (κ2) is 5.88. The van der Waals surface area contributed by atoms with Gasteiger partial charge in [-0.25, -0.2) is 8.42 Å². The van der Waals surface area contributed by atoms with Gasteiger partial charge in [0.15, 0.2) is 0 Å². The number of hydrogen-bond donors (Lipinski definition) is 0. The van der Waals surface area contributed by atoms with Gasteiger partial charge in [-0.1, -0.05) is 6.08 Å². The molecule has 6 heteroatoms. The number of carbonyl (C=O) groups excluding carboxylic acids is 1. The summed E-state index contributed by atoms with van der Waals surface area (Å²) < 4.78 is 24.5. The number of amides is 1. The van der Waals surface area contributed by atoms with Crippen molar-refractivity contribution < 1.29 is 13.2 Å². The first-order chi connectivity index (χ1) is 8.77. The van der Waals surface area contributed by atoms with E-state index in [1.165, 1.54) is 15.3 Å². The predicted octanol–water partition coefficient (Wildman–Crippen LogP) is 1.34. The number of anilines is 1. The van der Waals surface area contributed by atoms with Crippen molar-refractivity contribution in [3.8, 4) is 0 Å². The van der Waals surface area contributed by atoms with Crippen LogP contribution in [0.5, 0.6) is 0 Å². The summed E-state index contributed by atoms with van der Waals surface area (Å²) in [6, 6.07) is 6.44. The summed E-state index contributed by atoms with van der Waals surface area (Å²) in [7, 11) is -0.0359. The zero-order chi connectivity index (χ0) is 14.6. The van der Waals surface area contributed by atoms with E-state index in [2.05, 4.69) is 6.58 Å². The Morgan fingerprint density at radius 2 is 1.79 bits per heavy atom. The molecule has 1 aromatic rings. The first-order valence-electron chi connectivity index (χ1n) is 5.67. The fourth-order valence-electron chi connectivity index (χ4n) is 1.58. The average molecular weight is 282 g/mol. The molecule has 0 saturated carbocycles. The Morgan fingerprint density at radius 1 is 1.26 bits per heavy atom. The van der Waals surface area contributed by atoms with Gasteiger partial charge in [-0.2, -0.15) is 0 Å². The van der Waals surface area contributed by atoms with Crippen LogP contribution >= 0.6 is 0 Å². The van der Waals surface area contributed by atoms with Crippen molar-refractivity contribution in [2.24, 2.45) is 0 Å². The Kier molecular flexibility index (Phi) is 4.72. The average Bonchev–Trinajstić information content (AvgIpc) is 2.34. The van der Waals surface area contributed by atoms with Crippen LogP contribution in [0.3, 0.4) is 0 Å². The Hall–Kier alpha value is -1.82. The number of sulfonamides is 1. The minimum Gasteiger partial charge on any atom is -0.345 e. The highest BCUT2D eigenvalue weighted by molar-refractivity contribution is 7.92. The van der Waals surface area contributed by atoms with Crippen LogP contribution in [0.25, 0.3) is 0 Å². The summed E-state index contributed by atoms with van der Waals surface area (Å²) in [4.78, 5) is 13.2. The monoisotopic (exact) mass is 282 g/mol. The molecular weight excluding hydrogens is 264 g/mol. The Labute approximate surface area is 114 Å². The molecule has 19 heavy (non-hydrogen) atoms. The zero-order valence-corrected chi connectivity index (χ0v) is 12.1. The highest BCUT2D eigenvalue weighted by Crippen LogP contribution is 2.18. The molecule has 0 aliphatic carbocycles. The molecule has 0 fully saturated rings. The van der Waals surface area contributed by atoms with E-state index in [0.717, 1.165) is 6.26 Å². The summed E-state index contributed by atoms with van der Waals surface area (Å²) >= 11 is 0. The van der Waals surface area contributed by atoms with E-state index in [1.807, 2.05) is 0 Å². The second-order valence-electron chi connectivity index (χ2n) is 4.33. The molecular formula is C13H18N2O3S. The van der Waals surface area contributed by atoms with Gasteiger partial charge < -0.3 is 4.90 Å². The maximum atomic E-state index is 11.7. The summed E-state index contributed by atoms with van der Waals surface area (Å²) in [6.07, 6.45) is 2.65. The topological polar surface area (TPSA) is 57.7 Å². The Balaban J connectivity index is 3.09. The molecule has 0 aromatic heterocycles. The lowest BCUT2D eigenvalue weighted by molar-refractivity contribution is 0.0827. The molecule has 1 aromatic carbocycles. The van der Waals surface area contributed by atoms with Gasteiger partial charge in [0.1, 0.15) is 0 Å². The van der Waals surface area contributed by atoms with E-state index < -0.39 is 10.0 Å². The smallest absolute Gasteiger partial charge is 0.253 e. The van der Waals surface area contributed by atoms with Crippen molar-refractivity contribution in [2.45, 2.75) is 0 Å². The SMILES string of the molecule is C=CCN(c1ccc(C(=O)N(C)C)cc1)S(C)(=O)=O. The summed E-state index contributed by atoms with van der Waals surface area (Å²) in [5.74, 6) is -0.124. The van der Waals surface area contributed by atoms with Crippen LogP contribution < -0.4 is 4.31 Å². The summed E-state index contributed by atoms with van der Waals surface area (Å²) in [5.41, 5.74) is 1.03. The number of rotatable bonds is 5. The molecule has 0 heterocycles. The van der Waals surface area contributed by atoms with Gasteiger partial charge in [0.2, 0.25) is 10.0 Å². The molecule has 0 spiro atoms. The first kappa shape index (κ1) is 15.2. The van der Waals surface area contributed by atoms with Crippen molar-refractivity contribution in [3.63, 3.8) is 0 Å². The number of benzene rings is 1. The lowest BCUT2D eigenvalue weighted by atomic mass is 10.2. The maximum Gasteiger partial charge on any atom is 0.253 e. The van der Waals surface area contributed by atoms with Gasteiger partial charge in [-0.15, -0.1) is 6.58 Å². The molecule has 0 aliphatic rings. The molecule has 0 aliphatic heterocycles. The third kappa shape index (κ3) is 3.82. The van der Waals surface area contributed by atoms with Crippen LogP contribution in [0.15, 0.2) is 36.9 Å². The van der Waals surface area contributed by atoms with Gasteiger partial charge in [-0.05, 0) is 24.3 Å². The molecule has 5 nitrogen and oxygen atoms in total. The van der Waals surface area contributed by atoms with E-state index in [1.54, 1.807) is 38.4 Å². The molecule has 0 atom stereocenters. The Bertz CT molecular complexity index is 562. The van der Waals surface area contributed by atoms with E-state index in [-0.39, 0.29) is 12.5 Å². The fraction of sp³-hybridized carbons (Fsp3) is 0.308.